The SMILES string of the molecule is CCNC(=O)c1cc(S(C)(=O)=O)cc(S(C)(=O)=O)c1. The van der Waals surface area contributed by atoms with Gasteiger partial charge in [-0.25, -0.2) is 16.8 Å². The van der Waals surface area contributed by atoms with Gasteiger partial charge in [0.2, 0.25) is 0 Å². The highest BCUT2D eigenvalue weighted by Gasteiger charge is 2.18. The van der Waals surface area contributed by atoms with Gasteiger partial charge in [0, 0.05) is 24.6 Å². The van der Waals surface area contributed by atoms with Crippen LogP contribution in [-0.2, 0) is 19.7 Å². The average molecular weight is 305 g/mol. The standard InChI is InChI=1S/C11H15NO5S2/c1-4-12-11(13)8-5-9(18(2,14)15)7-10(6-8)19(3,16)17/h5-7H,4H2,1-3H3,(H,12,13). The molecule has 1 amide bonds. The van der Waals surface area contributed by atoms with E-state index in [0.717, 1.165) is 30.7 Å². The summed E-state index contributed by atoms with van der Waals surface area (Å²) in [5, 5.41) is 2.49. The second kappa shape index (κ2) is 5.30. The first-order valence-electron chi connectivity index (χ1n) is 5.39. The van der Waals surface area contributed by atoms with Crippen molar-refractivity contribution in [3.05, 3.63) is 23.8 Å². The number of carbonyl (C=O) groups is 1. The molecule has 0 heterocycles. The molecule has 0 spiro atoms. The molecule has 0 aromatic heterocycles. The molecule has 0 unspecified atom stereocenters. The second-order valence-electron chi connectivity index (χ2n) is 4.10. The number of rotatable bonds is 4. The lowest BCUT2D eigenvalue weighted by Crippen LogP contribution is -2.23. The van der Waals surface area contributed by atoms with Crippen LogP contribution in [-0.4, -0.2) is 41.8 Å². The highest BCUT2D eigenvalue weighted by molar-refractivity contribution is 7.91. The Morgan fingerprint density at radius 3 is 1.74 bits per heavy atom. The van der Waals surface area contributed by atoms with Gasteiger partial charge in [0.05, 0.1) is 9.79 Å². The molecular weight excluding hydrogens is 290 g/mol. The van der Waals surface area contributed by atoms with E-state index in [9.17, 15) is 21.6 Å². The molecule has 0 radical (unpaired) electrons. The van der Waals surface area contributed by atoms with Crippen LogP contribution in [0.5, 0.6) is 0 Å². The molecule has 6 nitrogen and oxygen atoms in total. The summed E-state index contributed by atoms with van der Waals surface area (Å²) in [6.07, 6.45) is 1.91. The summed E-state index contributed by atoms with van der Waals surface area (Å²) in [6.45, 7) is 2.06. The summed E-state index contributed by atoms with van der Waals surface area (Å²) in [6, 6.07) is 3.37. The predicted molar refractivity (Wildman–Crippen MR) is 70.7 cm³/mol. The Balaban J connectivity index is 3.55. The van der Waals surface area contributed by atoms with E-state index >= 15 is 0 Å². The van der Waals surface area contributed by atoms with E-state index in [0.29, 0.717) is 6.54 Å². The van der Waals surface area contributed by atoms with Crippen LogP contribution in [0.25, 0.3) is 0 Å². The number of hydrogen-bond donors (Lipinski definition) is 1. The first kappa shape index (κ1) is 15.6. The van der Waals surface area contributed by atoms with Crippen LogP contribution < -0.4 is 5.32 Å². The molecule has 0 aliphatic heterocycles. The fourth-order valence-electron chi connectivity index (χ4n) is 1.39. The summed E-state index contributed by atoms with van der Waals surface area (Å²) < 4.78 is 46.1. The molecule has 0 aliphatic rings. The van der Waals surface area contributed by atoms with Crippen LogP contribution in [0.1, 0.15) is 17.3 Å². The Morgan fingerprint density at radius 2 is 1.42 bits per heavy atom. The number of hydrogen-bond acceptors (Lipinski definition) is 5. The van der Waals surface area contributed by atoms with E-state index in [1.165, 1.54) is 0 Å². The summed E-state index contributed by atoms with van der Waals surface area (Å²) >= 11 is 0. The van der Waals surface area contributed by atoms with Crippen molar-refractivity contribution in [1.82, 2.24) is 5.32 Å². The average Bonchev–Trinajstić information content (AvgIpc) is 2.26. The molecule has 106 valence electrons. The molecular formula is C11H15NO5S2. The van der Waals surface area contributed by atoms with Crippen molar-refractivity contribution in [2.24, 2.45) is 0 Å². The number of amides is 1. The Labute approximate surface area is 112 Å². The zero-order chi connectivity index (χ0) is 14.8. The van der Waals surface area contributed by atoms with Crippen LogP contribution in [0.2, 0.25) is 0 Å². The van der Waals surface area contributed by atoms with Gasteiger partial charge in [-0.05, 0) is 25.1 Å². The summed E-state index contributed by atoms with van der Waals surface area (Å²) in [5.74, 6) is -0.516. The highest BCUT2D eigenvalue weighted by Crippen LogP contribution is 2.19. The second-order valence-corrected chi connectivity index (χ2v) is 8.13. The van der Waals surface area contributed by atoms with Gasteiger partial charge in [-0.1, -0.05) is 0 Å². The van der Waals surface area contributed by atoms with Gasteiger partial charge in [-0.3, -0.25) is 4.79 Å². The number of nitrogens with one attached hydrogen (secondary N) is 1. The number of carbonyl (C=O) groups excluding carboxylic acids is 1. The molecule has 0 fully saturated rings. The third-order valence-electron chi connectivity index (χ3n) is 2.34. The predicted octanol–water partition coefficient (Wildman–Crippen LogP) is 0.243. The van der Waals surface area contributed by atoms with Crippen molar-refractivity contribution in [2.75, 3.05) is 19.1 Å². The summed E-state index contributed by atoms with van der Waals surface area (Å²) in [5.41, 5.74) is 0.00481. The van der Waals surface area contributed by atoms with Crippen molar-refractivity contribution in [1.29, 1.82) is 0 Å². The maximum Gasteiger partial charge on any atom is 0.251 e. The zero-order valence-corrected chi connectivity index (χ0v) is 12.4. The van der Waals surface area contributed by atoms with E-state index in [1.807, 2.05) is 0 Å². The molecule has 1 aromatic carbocycles. The lowest BCUT2D eigenvalue weighted by molar-refractivity contribution is 0.0955. The molecule has 0 saturated carbocycles. The molecule has 0 aliphatic carbocycles. The highest BCUT2D eigenvalue weighted by atomic mass is 32.2. The van der Waals surface area contributed by atoms with Crippen LogP contribution in [0.4, 0.5) is 0 Å². The van der Waals surface area contributed by atoms with Crippen molar-refractivity contribution >= 4 is 25.6 Å². The Bertz CT molecular complexity index is 654. The van der Waals surface area contributed by atoms with E-state index in [2.05, 4.69) is 5.32 Å². The lowest BCUT2D eigenvalue weighted by Gasteiger charge is -2.07. The van der Waals surface area contributed by atoms with Crippen molar-refractivity contribution in [3.63, 3.8) is 0 Å². The van der Waals surface area contributed by atoms with Gasteiger partial charge in [0.1, 0.15) is 0 Å². The van der Waals surface area contributed by atoms with Gasteiger partial charge >= 0.3 is 0 Å². The van der Waals surface area contributed by atoms with Crippen molar-refractivity contribution in [2.45, 2.75) is 16.7 Å². The van der Waals surface area contributed by atoms with Crippen molar-refractivity contribution < 1.29 is 21.6 Å². The topological polar surface area (TPSA) is 97.4 Å². The molecule has 0 saturated heterocycles. The summed E-state index contributed by atoms with van der Waals surface area (Å²) in [7, 11) is -7.20. The molecule has 8 heteroatoms. The van der Waals surface area contributed by atoms with Crippen LogP contribution in [0.3, 0.4) is 0 Å². The maximum absolute atomic E-state index is 11.7. The molecule has 1 rings (SSSR count). The summed E-state index contributed by atoms with van der Waals surface area (Å²) in [4.78, 5) is 11.3. The van der Waals surface area contributed by atoms with Gasteiger partial charge < -0.3 is 5.32 Å². The zero-order valence-electron chi connectivity index (χ0n) is 10.8. The van der Waals surface area contributed by atoms with E-state index in [4.69, 9.17) is 0 Å². The molecule has 19 heavy (non-hydrogen) atoms. The minimum absolute atomic E-state index is 0.00481. The third-order valence-corrected chi connectivity index (χ3v) is 4.52. The van der Waals surface area contributed by atoms with Crippen LogP contribution in [0, 0.1) is 0 Å². The largest absolute Gasteiger partial charge is 0.352 e. The van der Waals surface area contributed by atoms with Gasteiger partial charge in [0.15, 0.2) is 19.7 Å². The fraction of sp³-hybridized carbons (Fsp3) is 0.364. The third kappa shape index (κ3) is 4.03. The lowest BCUT2D eigenvalue weighted by atomic mass is 10.2. The molecule has 1 N–H and O–H groups in total. The first-order chi connectivity index (χ1) is 8.55. The van der Waals surface area contributed by atoms with E-state index in [-0.39, 0.29) is 15.4 Å². The first-order valence-corrected chi connectivity index (χ1v) is 9.17. The quantitative estimate of drug-likeness (QED) is 0.859. The van der Waals surface area contributed by atoms with Crippen LogP contribution in [0.15, 0.2) is 28.0 Å². The Kier molecular flexibility index (Phi) is 4.36. The Hall–Kier alpha value is -1.41. The van der Waals surface area contributed by atoms with Gasteiger partial charge in [0.25, 0.3) is 5.91 Å². The smallest absolute Gasteiger partial charge is 0.251 e. The monoisotopic (exact) mass is 305 g/mol. The number of sulfone groups is 2. The molecule has 1 aromatic rings. The minimum atomic E-state index is -3.60. The van der Waals surface area contributed by atoms with E-state index in [1.54, 1.807) is 6.92 Å². The normalized spacial score (nSPS) is 12.2. The van der Waals surface area contributed by atoms with E-state index < -0.39 is 25.6 Å². The number of benzene rings is 1. The minimum Gasteiger partial charge on any atom is -0.352 e. The fourth-order valence-corrected chi connectivity index (χ4v) is 2.83. The van der Waals surface area contributed by atoms with Gasteiger partial charge in [-0.2, -0.15) is 0 Å². The van der Waals surface area contributed by atoms with Gasteiger partial charge in [-0.15, -0.1) is 0 Å². The van der Waals surface area contributed by atoms with Crippen molar-refractivity contribution in [3.8, 4) is 0 Å². The maximum atomic E-state index is 11.7. The van der Waals surface area contributed by atoms with Crippen LogP contribution >= 0.6 is 0 Å². The Morgan fingerprint density at radius 1 is 1.00 bits per heavy atom. The molecule has 0 bridgehead atoms. The molecule has 0 atom stereocenters.